The number of carboxylic acid groups (broad SMARTS) is 1. The van der Waals surface area contributed by atoms with Gasteiger partial charge in [0.05, 0.1) is 5.56 Å². The summed E-state index contributed by atoms with van der Waals surface area (Å²) in [6.07, 6.45) is 11.9. The largest absolute Gasteiger partial charge is 0.507 e. The van der Waals surface area contributed by atoms with Gasteiger partial charge in [0.1, 0.15) is 22.7 Å². The number of hydrogen-bond acceptors (Lipinski definition) is 4. The van der Waals surface area contributed by atoms with Gasteiger partial charge in [0.25, 0.3) is 0 Å². The van der Waals surface area contributed by atoms with Gasteiger partial charge in [0, 0.05) is 62.3 Å². The van der Waals surface area contributed by atoms with E-state index in [0.29, 0.717) is 29.7 Å². The molecule has 17 aliphatic rings. The summed E-state index contributed by atoms with van der Waals surface area (Å²) in [4.78, 5) is 14.7. The molecule has 0 saturated carbocycles. The highest BCUT2D eigenvalue weighted by Crippen LogP contribution is 2.87. The third-order valence-corrected chi connectivity index (χ3v) is 31.7. The standard InChI is InChI=1S/C100H46O5/c1-31-15-39-20-45-25-48-32(2)47-24-38-11-9-33-13-14-59-52-26-44-18-36-7-3-6-35-17-41-22-43-23-42-21-40-19-37-12-10-34-5-4-8-46-51(98(103)104)27-50-49(16-31)61(39)84-65(45)85-73(48)87-74(47)91-66(38)93(33)99(59)100(105-99)94-58-30-57-78(63(41)83(60(35)36)64(44)79(57)82(52)94)69(43)97(102)68(42)77-55-29-56-72(58)92(95(91)100)90(87)89(85)81(56)86-71(55)54(76(62(40)77)67(37)96(34)101)28-53-70(46)75(50)88(84)80(53)86/h3-7,9-25,27-28,57,59,88-89,95,101-102H,8,26,29-30H2,1-2H3,(H,103,104)/b5-4-. The zero-order valence-corrected chi connectivity index (χ0v) is 56.2. The van der Waals surface area contributed by atoms with E-state index in [9.17, 15) is 15.0 Å². The van der Waals surface area contributed by atoms with E-state index in [1.165, 1.54) is 224 Å². The summed E-state index contributed by atoms with van der Waals surface area (Å²) in [5.41, 5.74) is 36.9. The average Bonchev–Trinajstić information content (AvgIpc) is 1.39. The van der Waals surface area contributed by atoms with Gasteiger partial charge in [-0.2, -0.15) is 0 Å². The first-order valence-corrected chi connectivity index (χ1v) is 38.1. The fraction of sp³-hybridized carbons (Fsp3) is 0.130. The minimum absolute atomic E-state index is 0.0180. The Kier molecular flexibility index (Phi) is 6.59. The first-order chi connectivity index (χ1) is 51.6. The summed E-state index contributed by atoms with van der Waals surface area (Å²) in [7, 11) is 0. The second kappa shape index (κ2) is 14.0. The van der Waals surface area contributed by atoms with Crippen LogP contribution in [0.15, 0.2) is 172 Å². The molecule has 1 aliphatic heterocycles. The second-order valence-corrected chi connectivity index (χ2v) is 35.0. The SMILES string of the molecule is Cc1cc2c3c4c5c6c7c8c9c%10c%11c%12c(ccc%11cc9c(C)c7cc5cc3c1)C=CC1C3=C5C7=C9CC%11C5=c5c(cc%13cccc%14cc%15cc%16cc%17cc%18cc%19ccc%20c(O)c%19c%19c%21cc%22c(c%23c%21c(c(c%17c(O)c%16c%11c%15c5c%13%14)c%18%19)CC5=C9C(=C8C6C=%235)C%10C75OC%1215)C4c1c-2cc(C(=O)O)c(c1-%22)C/C=C\%20)C3. The van der Waals surface area contributed by atoms with Crippen molar-refractivity contribution in [2.75, 3.05) is 0 Å². The Hall–Kier alpha value is -12.2. The number of carboxylic acids is 1. The van der Waals surface area contributed by atoms with Gasteiger partial charge in [-0.3, -0.25) is 0 Å². The molecule has 5 nitrogen and oxygen atoms in total. The number of aromatic carboxylic acids is 1. The highest BCUT2D eigenvalue weighted by molar-refractivity contribution is 6.41. The molecule has 17 aromatic carbocycles. The number of phenolic OH excluding ortho intramolecular Hbond substituents is 2. The van der Waals surface area contributed by atoms with Crippen molar-refractivity contribution >= 4 is 186 Å². The molecule has 5 heteroatoms. The highest BCUT2D eigenvalue weighted by atomic mass is 16.6. The molecule has 476 valence electrons. The smallest absolute Gasteiger partial charge is 0.336 e. The molecule has 0 amide bonds. The van der Waals surface area contributed by atoms with Gasteiger partial charge in [0.2, 0.25) is 0 Å². The van der Waals surface area contributed by atoms with Gasteiger partial charge in [0.15, 0.2) is 0 Å². The number of carbonyl (C=O) groups is 1. The molecule has 17 aromatic rings. The lowest BCUT2D eigenvalue weighted by molar-refractivity contribution is 0.0696. The lowest BCUT2D eigenvalue weighted by Crippen LogP contribution is -2.52. The van der Waals surface area contributed by atoms with Crippen LogP contribution in [0.25, 0.3) is 202 Å². The van der Waals surface area contributed by atoms with Crippen LogP contribution in [0.3, 0.4) is 0 Å². The maximum atomic E-state index is 15.0. The molecule has 2 spiro atoms. The predicted octanol–water partition coefficient (Wildman–Crippen LogP) is 21.1. The minimum atomic E-state index is -0.930. The molecule has 16 aliphatic carbocycles. The molecule has 1 heterocycles. The van der Waals surface area contributed by atoms with Crippen LogP contribution < -0.4 is 10.4 Å². The van der Waals surface area contributed by atoms with Crippen LogP contribution in [0.4, 0.5) is 0 Å². The van der Waals surface area contributed by atoms with E-state index in [0.717, 1.165) is 105 Å². The first kappa shape index (κ1) is 49.5. The van der Waals surface area contributed by atoms with Crippen molar-refractivity contribution in [3.8, 4) is 33.8 Å². The van der Waals surface area contributed by atoms with Crippen LogP contribution in [-0.2, 0) is 29.6 Å². The summed E-state index contributed by atoms with van der Waals surface area (Å²) in [5, 5.41) is 76.8. The number of benzene rings is 17. The molecule has 34 rings (SSSR count). The summed E-state index contributed by atoms with van der Waals surface area (Å²) >= 11 is 0. The fourth-order valence-electron chi connectivity index (χ4n) is 29.2. The lowest BCUT2D eigenvalue weighted by atomic mass is 9.43. The molecule has 0 aromatic heterocycles. The minimum Gasteiger partial charge on any atom is -0.507 e. The summed E-state index contributed by atoms with van der Waals surface area (Å²) in [6.45, 7) is 4.69. The lowest BCUT2D eigenvalue weighted by Gasteiger charge is -2.56. The molecule has 3 N–H and O–H groups in total. The zero-order chi connectivity index (χ0) is 66.8. The molecule has 1 fully saturated rings. The summed E-state index contributed by atoms with van der Waals surface area (Å²) in [6, 6.07) is 48.0. The third-order valence-electron chi connectivity index (χ3n) is 31.7. The first-order valence-electron chi connectivity index (χ1n) is 38.1. The Morgan fingerprint density at radius 1 is 0.476 bits per heavy atom. The Morgan fingerprint density at radius 2 is 1.22 bits per heavy atom. The van der Waals surface area contributed by atoms with Crippen LogP contribution in [0, 0.1) is 19.8 Å². The van der Waals surface area contributed by atoms with Crippen LogP contribution in [-0.4, -0.2) is 26.9 Å². The van der Waals surface area contributed by atoms with Crippen LogP contribution in [0.5, 0.6) is 11.5 Å². The summed E-state index contributed by atoms with van der Waals surface area (Å²) < 4.78 is 8.76. The Morgan fingerprint density at radius 3 is 2.09 bits per heavy atom. The zero-order valence-electron chi connectivity index (χ0n) is 56.2. The van der Waals surface area contributed by atoms with E-state index in [4.69, 9.17) is 4.74 Å². The third kappa shape index (κ3) is 4.21. The molecule has 7 unspecified atom stereocenters. The van der Waals surface area contributed by atoms with Crippen molar-refractivity contribution in [3.63, 3.8) is 0 Å². The van der Waals surface area contributed by atoms with Gasteiger partial charge >= 0.3 is 5.97 Å². The Balaban J connectivity index is 0.917. The number of allylic oxidation sites excluding steroid dienone is 5. The van der Waals surface area contributed by atoms with E-state index in [-0.39, 0.29) is 35.3 Å². The molecule has 0 radical (unpaired) electrons. The van der Waals surface area contributed by atoms with Gasteiger partial charge < -0.3 is 20.1 Å². The van der Waals surface area contributed by atoms with Gasteiger partial charge in [-0.05, 0) is 390 Å². The van der Waals surface area contributed by atoms with Crippen molar-refractivity contribution in [2.45, 2.75) is 74.4 Å². The number of aryl methyl sites for hydroxylation is 2. The number of phenols is 2. The van der Waals surface area contributed by atoms with Crippen LogP contribution in [0.1, 0.15) is 124 Å². The monoisotopic (exact) mass is 1330 g/mol. The van der Waals surface area contributed by atoms with Gasteiger partial charge in [-0.15, -0.1) is 0 Å². The van der Waals surface area contributed by atoms with E-state index in [1.807, 2.05) is 6.08 Å². The van der Waals surface area contributed by atoms with Crippen molar-refractivity contribution in [1.29, 1.82) is 0 Å². The van der Waals surface area contributed by atoms with Gasteiger partial charge in [-0.1, -0.05) is 85.0 Å². The summed E-state index contributed by atoms with van der Waals surface area (Å²) in [5.74, 6) is -1.07. The van der Waals surface area contributed by atoms with E-state index in [1.54, 1.807) is 0 Å². The number of hydrogen-bond donors (Lipinski definition) is 3. The quantitative estimate of drug-likeness (QED) is 0.0866. The van der Waals surface area contributed by atoms with Crippen molar-refractivity contribution in [1.82, 2.24) is 0 Å². The van der Waals surface area contributed by atoms with Gasteiger partial charge in [-0.25, -0.2) is 4.79 Å². The Labute approximate surface area is 592 Å². The van der Waals surface area contributed by atoms with E-state index in [2.05, 4.69) is 153 Å². The number of ether oxygens (including phenoxy) is 1. The predicted molar refractivity (Wildman–Crippen MR) is 419 cm³/mol. The normalized spacial score (nSPS) is 25.0. The fourth-order valence-corrected chi connectivity index (χ4v) is 29.2. The number of rotatable bonds is 1. The molecule has 10 bridgehead atoms. The van der Waals surface area contributed by atoms with E-state index >= 15 is 5.11 Å². The average molecular weight is 1330 g/mol. The maximum absolute atomic E-state index is 15.0. The number of fused-ring (bicyclic) bond motifs is 3. The van der Waals surface area contributed by atoms with Crippen LogP contribution >= 0.6 is 0 Å². The number of epoxide rings is 1. The van der Waals surface area contributed by atoms with Crippen molar-refractivity contribution in [3.05, 3.63) is 272 Å². The Bertz CT molecular complexity index is 8640. The molecule has 105 heavy (non-hydrogen) atoms. The second-order valence-electron chi connectivity index (χ2n) is 35.0. The molecular weight excluding hydrogens is 1280 g/mol. The molecule has 1 saturated heterocycles. The molecule has 7 atom stereocenters. The van der Waals surface area contributed by atoms with Crippen molar-refractivity contribution < 1.29 is 24.9 Å². The maximum Gasteiger partial charge on any atom is 0.336 e. The van der Waals surface area contributed by atoms with Crippen molar-refractivity contribution in [2.24, 2.45) is 5.92 Å². The van der Waals surface area contributed by atoms with Crippen LogP contribution in [0.2, 0.25) is 0 Å². The topological polar surface area (TPSA) is 90.3 Å². The number of aromatic hydroxyl groups is 2. The molecular formula is C100H46O5. The van der Waals surface area contributed by atoms with E-state index < -0.39 is 17.2 Å². The highest BCUT2D eigenvalue weighted by Gasteiger charge is 2.86.